The predicted molar refractivity (Wildman–Crippen MR) is 57.3 cm³/mol. The van der Waals surface area contributed by atoms with Crippen LogP contribution in [-0.4, -0.2) is 44.7 Å². The van der Waals surface area contributed by atoms with Crippen LogP contribution >= 0.6 is 0 Å². The van der Waals surface area contributed by atoms with Gasteiger partial charge in [0.25, 0.3) is 0 Å². The molecular formula is C6H19N2NaSi2. The van der Waals surface area contributed by atoms with Crippen LogP contribution < -0.4 is 0 Å². The first kappa shape index (κ1) is 17.8. The molecule has 0 saturated heterocycles. The van der Waals surface area contributed by atoms with E-state index in [0.717, 1.165) is 0 Å². The Morgan fingerprint density at radius 2 is 0.727 bits per heavy atom. The van der Waals surface area contributed by atoms with E-state index in [2.05, 4.69) is 39.3 Å². The Labute approximate surface area is 94.3 Å². The molecular weight excluding hydrogens is 179 g/mol. The van der Waals surface area contributed by atoms with Crippen LogP contribution in [0.4, 0.5) is 0 Å². The van der Waals surface area contributed by atoms with E-state index in [1.165, 1.54) is 0 Å². The molecule has 0 saturated carbocycles. The molecule has 0 N–H and O–H groups in total. The van der Waals surface area contributed by atoms with Crippen LogP contribution in [-0.2, 0) is 0 Å². The van der Waals surface area contributed by atoms with Crippen LogP contribution in [0.5, 0.6) is 0 Å². The molecule has 0 aliphatic heterocycles. The fourth-order valence-corrected chi connectivity index (χ4v) is 0. The summed E-state index contributed by atoms with van der Waals surface area (Å²) in [6.07, 6.45) is 0. The first-order valence-corrected chi connectivity index (χ1v) is 11.4. The molecule has 0 radical (unpaired) electrons. The van der Waals surface area contributed by atoms with Gasteiger partial charge in [-0.25, -0.2) is 0 Å². The molecule has 0 aromatic carbocycles. The Morgan fingerprint density at radius 3 is 0.727 bits per heavy atom. The molecule has 5 heteroatoms. The maximum absolute atomic E-state index is 6.00. The van der Waals surface area contributed by atoms with Gasteiger partial charge in [-0.2, -0.15) is 0 Å². The van der Waals surface area contributed by atoms with Crippen molar-refractivity contribution in [3.63, 3.8) is 0 Å². The molecule has 0 aliphatic carbocycles. The summed E-state index contributed by atoms with van der Waals surface area (Å²) in [4.78, 5) is 0. The van der Waals surface area contributed by atoms with Crippen molar-refractivity contribution in [2.45, 2.75) is 39.3 Å². The van der Waals surface area contributed by atoms with Gasteiger partial charge < -0.3 is 0 Å². The molecule has 0 unspecified atom stereocenters. The Hall–Kier alpha value is 0.854. The summed E-state index contributed by atoms with van der Waals surface area (Å²) in [5.41, 5.74) is 0. The van der Waals surface area contributed by atoms with Crippen molar-refractivity contribution in [3.8, 4) is 0 Å². The molecule has 62 valence electrons. The van der Waals surface area contributed by atoms with Gasteiger partial charge in [0, 0.05) is 26.0 Å². The predicted octanol–water partition coefficient (Wildman–Crippen LogP) is 2.12. The second-order valence-corrected chi connectivity index (χ2v) is 22.5. The fraction of sp³-hybridized carbons (Fsp3) is 1.00. The third kappa shape index (κ3) is 8.76. The standard InChI is InChI=1S/C6H18Si2.N2.Na.H/c1-7(2,3)8(4,5)6;1-2;;/h1-6H3;;;. The van der Waals surface area contributed by atoms with Gasteiger partial charge in [0.05, 0.1) is 0 Å². The van der Waals surface area contributed by atoms with Gasteiger partial charge in [-0.3, -0.25) is 0 Å². The van der Waals surface area contributed by atoms with Gasteiger partial charge in [0.2, 0.25) is 0 Å². The van der Waals surface area contributed by atoms with E-state index in [1.807, 2.05) is 0 Å². The monoisotopic (exact) mass is 198 g/mol. The van der Waals surface area contributed by atoms with Crippen LogP contribution in [0.15, 0.2) is 0 Å². The molecule has 0 atom stereocenters. The fourth-order valence-electron chi connectivity index (χ4n) is 0. The molecule has 0 heterocycles. The molecule has 0 rings (SSSR count). The van der Waals surface area contributed by atoms with E-state index in [0.29, 0.717) is 0 Å². The molecule has 11 heavy (non-hydrogen) atoms. The molecule has 2 nitrogen and oxygen atoms in total. The molecule has 0 aromatic rings. The van der Waals surface area contributed by atoms with Gasteiger partial charge in [-0.05, 0) is 0 Å². The molecule has 0 fully saturated rings. The van der Waals surface area contributed by atoms with Gasteiger partial charge in [-0.15, -0.1) is 0 Å². The quantitative estimate of drug-likeness (QED) is 0.478. The van der Waals surface area contributed by atoms with Crippen LogP contribution in [0.1, 0.15) is 0 Å². The van der Waals surface area contributed by atoms with E-state index in [-0.39, 0.29) is 29.6 Å². The minimum absolute atomic E-state index is 0. The van der Waals surface area contributed by atoms with E-state index in [9.17, 15) is 0 Å². The van der Waals surface area contributed by atoms with Crippen LogP contribution in [0.3, 0.4) is 0 Å². The third-order valence-electron chi connectivity index (χ3n) is 2.25. The Bertz CT molecular complexity index is 100.0. The number of hydrogen-bond acceptors (Lipinski definition) is 2. The van der Waals surface area contributed by atoms with E-state index >= 15 is 0 Å². The molecule has 0 aliphatic rings. The van der Waals surface area contributed by atoms with E-state index < -0.39 is 15.2 Å². The van der Waals surface area contributed by atoms with Crippen LogP contribution in [0.25, 0.3) is 0 Å². The zero-order valence-electron chi connectivity index (χ0n) is 7.89. The zero-order valence-corrected chi connectivity index (χ0v) is 9.89. The number of hydrogen-bond donors (Lipinski definition) is 0. The molecule has 0 bridgehead atoms. The van der Waals surface area contributed by atoms with E-state index in [1.54, 1.807) is 0 Å². The summed E-state index contributed by atoms with van der Waals surface area (Å²) >= 11 is 0. The van der Waals surface area contributed by atoms with Crippen molar-refractivity contribution in [1.82, 2.24) is 0 Å². The topological polar surface area (TPSA) is 47.6 Å². The van der Waals surface area contributed by atoms with Crippen LogP contribution in [0, 0.1) is 10.8 Å². The summed E-state index contributed by atoms with van der Waals surface area (Å²) in [5, 5.41) is 12.0. The summed E-state index contributed by atoms with van der Waals surface area (Å²) < 4.78 is 0. The van der Waals surface area contributed by atoms with Crippen LogP contribution in [0.2, 0.25) is 39.3 Å². The van der Waals surface area contributed by atoms with Gasteiger partial charge in [0.1, 0.15) is 0 Å². The number of rotatable bonds is 1. The van der Waals surface area contributed by atoms with Gasteiger partial charge in [0.15, 0.2) is 0 Å². The second kappa shape index (κ2) is 6.38. The van der Waals surface area contributed by atoms with Gasteiger partial charge in [-0.1, -0.05) is 39.3 Å². The first-order valence-electron chi connectivity index (χ1n) is 3.45. The third-order valence-corrected chi connectivity index (χ3v) is 20.2. The van der Waals surface area contributed by atoms with Crippen molar-refractivity contribution in [2.75, 3.05) is 0 Å². The first-order chi connectivity index (χ1) is 4.25. The minimum atomic E-state index is -0.720. The Morgan fingerprint density at radius 1 is 0.636 bits per heavy atom. The normalized spacial score (nSPS) is 10.5. The summed E-state index contributed by atoms with van der Waals surface area (Å²) in [7, 11) is -1.44. The SMILES string of the molecule is C[Si](C)(C)[Si](C)(C)C.N#N.[NaH]. The average Bonchev–Trinajstić information content (AvgIpc) is 1.66. The van der Waals surface area contributed by atoms with Crippen molar-refractivity contribution >= 4 is 44.7 Å². The number of nitrogens with zero attached hydrogens (tertiary/aromatic N) is 2. The summed E-state index contributed by atoms with van der Waals surface area (Å²) in [6, 6.07) is 0. The van der Waals surface area contributed by atoms with Crippen molar-refractivity contribution in [3.05, 3.63) is 0 Å². The van der Waals surface area contributed by atoms with Gasteiger partial charge >= 0.3 is 29.6 Å². The maximum atomic E-state index is 6.00. The Balaban J connectivity index is -0.000000196. The molecule has 0 amide bonds. The zero-order chi connectivity index (χ0) is 9.00. The second-order valence-electron chi connectivity index (χ2n) is 4.50. The van der Waals surface area contributed by atoms with Crippen molar-refractivity contribution < 1.29 is 0 Å². The van der Waals surface area contributed by atoms with Crippen molar-refractivity contribution in [1.29, 1.82) is 10.8 Å². The summed E-state index contributed by atoms with van der Waals surface area (Å²) in [5.74, 6) is 0. The van der Waals surface area contributed by atoms with Crippen molar-refractivity contribution in [2.24, 2.45) is 0 Å². The molecule has 0 spiro atoms. The Kier molecular flexibility index (Phi) is 10.3. The summed E-state index contributed by atoms with van der Waals surface area (Å²) in [6.45, 7) is 14.8. The average molecular weight is 198 g/mol. The van der Waals surface area contributed by atoms with E-state index in [4.69, 9.17) is 10.8 Å². The molecule has 0 aromatic heterocycles.